The van der Waals surface area contributed by atoms with Gasteiger partial charge in [-0.3, -0.25) is 9.10 Å². The number of hydrogen-bond donors (Lipinski definition) is 1. The lowest BCUT2D eigenvalue weighted by molar-refractivity contribution is -0.114. The maximum absolute atomic E-state index is 12.4. The van der Waals surface area contributed by atoms with E-state index in [4.69, 9.17) is 9.47 Å². The second-order valence-electron chi connectivity index (χ2n) is 6.21. The smallest absolute Gasteiger partial charge is 0.245 e. The molecule has 0 atom stereocenters. The zero-order chi connectivity index (χ0) is 20.0. The number of nitrogens with one attached hydrogen (secondary N) is 1. The molecule has 0 heterocycles. The number of ether oxygens (including phenoxy) is 2. The van der Waals surface area contributed by atoms with Crippen molar-refractivity contribution in [2.45, 2.75) is 20.0 Å². The Hall–Kier alpha value is -2.74. The topological polar surface area (TPSA) is 84.9 Å². The molecule has 1 N–H and O–H groups in total. The molecule has 2 aromatic rings. The van der Waals surface area contributed by atoms with Crippen LogP contribution in [0, 0.1) is 0 Å². The van der Waals surface area contributed by atoms with Gasteiger partial charge in [0, 0.05) is 17.8 Å². The Bertz CT molecular complexity index is 896. The summed E-state index contributed by atoms with van der Waals surface area (Å²) in [6, 6.07) is 13.5. The molecule has 8 heteroatoms. The summed E-state index contributed by atoms with van der Waals surface area (Å²) >= 11 is 0. The minimum absolute atomic E-state index is 0.00439. The maximum Gasteiger partial charge on any atom is 0.245 e. The van der Waals surface area contributed by atoms with Crippen molar-refractivity contribution in [3.8, 4) is 11.5 Å². The second kappa shape index (κ2) is 8.77. The number of anilines is 2. The molecule has 0 saturated carbocycles. The Kier molecular flexibility index (Phi) is 6.68. The maximum atomic E-state index is 12.4. The first-order valence-corrected chi connectivity index (χ1v) is 10.2. The summed E-state index contributed by atoms with van der Waals surface area (Å²) in [4.78, 5) is 12.4. The van der Waals surface area contributed by atoms with Crippen LogP contribution in [0.1, 0.15) is 13.8 Å². The molecule has 146 valence electrons. The fraction of sp³-hybridized carbons (Fsp3) is 0.316. The quantitative estimate of drug-likeness (QED) is 0.747. The van der Waals surface area contributed by atoms with Gasteiger partial charge in [-0.1, -0.05) is 12.1 Å². The van der Waals surface area contributed by atoms with Gasteiger partial charge in [0.05, 0.1) is 25.2 Å². The van der Waals surface area contributed by atoms with Gasteiger partial charge in [-0.15, -0.1) is 0 Å². The van der Waals surface area contributed by atoms with Crippen LogP contribution in [-0.2, 0) is 14.8 Å². The molecule has 0 aliphatic rings. The normalized spacial score (nSPS) is 11.1. The highest BCUT2D eigenvalue weighted by Gasteiger charge is 2.21. The molecule has 7 nitrogen and oxygen atoms in total. The molecule has 0 aliphatic heterocycles. The molecular formula is C19H24N2O5S. The molecule has 0 unspecified atom stereocenters. The monoisotopic (exact) mass is 392 g/mol. The van der Waals surface area contributed by atoms with Crippen LogP contribution in [-0.4, -0.2) is 40.3 Å². The Morgan fingerprint density at radius 1 is 1.11 bits per heavy atom. The van der Waals surface area contributed by atoms with Gasteiger partial charge in [0.2, 0.25) is 15.9 Å². The molecule has 0 aromatic heterocycles. The van der Waals surface area contributed by atoms with Gasteiger partial charge >= 0.3 is 0 Å². The second-order valence-corrected chi connectivity index (χ2v) is 8.12. The third-order valence-corrected chi connectivity index (χ3v) is 4.66. The lowest BCUT2D eigenvalue weighted by atomic mass is 10.3. The van der Waals surface area contributed by atoms with Gasteiger partial charge in [0.15, 0.2) is 0 Å². The number of rotatable bonds is 8. The summed E-state index contributed by atoms with van der Waals surface area (Å²) in [5.41, 5.74) is 0.876. The lowest BCUT2D eigenvalue weighted by Gasteiger charge is -2.22. The summed E-state index contributed by atoms with van der Waals surface area (Å²) in [5, 5.41) is 2.70. The van der Waals surface area contributed by atoms with Crippen molar-refractivity contribution in [3.05, 3.63) is 48.5 Å². The van der Waals surface area contributed by atoms with Crippen molar-refractivity contribution in [2.24, 2.45) is 0 Å². The van der Waals surface area contributed by atoms with Gasteiger partial charge in [-0.2, -0.15) is 0 Å². The fourth-order valence-corrected chi connectivity index (χ4v) is 3.26. The summed E-state index contributed by atoms with van der Waals surface area (Å²) in [5.74, 6) is 0.653. The van der Waals surface area contributed by atoms with Crippen molar-refractivity contribution in [3.63, 3.8) is 0 Å². The SMILES string of the molecule is COc1cccc(N(CC(=O)Nc2cccc(OC(C)C)c2)S(C)(=O)=O)c1. The van der Waals surface area contributed by atoms with Crippen molar-refractivity contribution < 1.29 is 22.7 Å². The van der Waals surface area contributed by atoms with E-state index < -0.39 is 15.9 Å². The Labute approximate surface area is 160 Å². The molecule has 2 rings (SSSR count). The zero-order valence-corrected chi connectivity index (χ0v) is 16.6. The van der Waals surface area contributed by atoms with Crippen LogP contribution in [0.5, 0.6) is 11.5 Å². The number of methoxy groups -OCH3 is 1. The molecule has 0 saturated heterocycles. The number of carbonyl (C=O) groups is 1. The van der Waals surface area contributed by atoms with Crippen LogP contribution in [0.15, 0.2) is 48.5 Å². The number of amides is 1. The molecular weight excluding hydrogens is 368 g/mol. The van der Waals surface area contributed by atoms with Gasteiger partial charge in [-0.05, 0) is 38.1 Å². The van der Waals surface area contributed by atoms with E-state index in [1.165, 1.54) is 7.11 Å². The Morgan fingerprint density at radius 2 is 1.78 bits per heavy atom. The first-order valence-electron chi connectivity index (χ1n) is 8.37. The van der Waals surface area contributed by atoms with Crippen molar-refractivity contribution in [1.82, 2.24) is 0 Å². The summed E-state index contributed by atoms with van der Waals surface area (Å²) in [6.45, 7) is 3.45. The molecule has 2 aromatic carbocycles. The average Bonchev–Trinajstić information content (AvgIpc) is 2.58. The van der Waals surface area contributed by atoms with Crippen LogP contribution in [0.4, 0.5) is 11.4 Å². The number of benzene rings is 2. The minimum Gasteiger partial charge on any atom is -0.497 e. The van der Waals surface area contributed by atoms with E-state index >= 15 is 0 Å². The highest BCUT2D eigenvalue weighted by Crippen LogP contribution is 2.23. The molecule has 0 spiro atoms. The third-order valence-electron chi connectivity index (χ3n) is 3.52. The van der Waals surface area contributed by atoms with Crippen LogP contribution in [0.25, 0.3) is 0 Å². The molecule has 27 heavy (non-hydrogen) atoms. The van der Waals surface area contributed by atoms with Gasteiger partial charge in [0.1, 0.15) is 18.0 Å². The van der Waals surface area contributed by atoms with Crippen LogP contribution >= 0.6 is 0 Å². The van der Waals surface area contributed by atoms with Crippen molar-refractivity contribution in [1.29, 1.82) is 0 Å². The molecule has 0 bridgehead atoms. The number of carbonyl (C=O) groups excluding carboxylic acids is 1. The number of hydrogen-bond acceptors (Lipinski definition) is 5. The number of nitrogens with zero attached hydrogens (tertiary/aromatic N) is 1. The van der Waals surface area contributed by atoms with Gasteiger partial charge in [-0.25, -0.2) is 8.42 Å². The van der Waals surface area contributed by atoms with E-state index in [0.717, 1.165) is 10.6 Å². The van der Waals surface area contributed by atoms with E-state index in [2.05, 4.69) is 5.32 Å². The Morgan fingerprint density at radius 3 is 2.41 bits per heavy atom. The largest absolute Gasteiger partial charge is 0.497 e. The van der Waals surface area contributed by atoms with Crippen molar-refractivity contribution in [2.75, 3.05) is 29.5 Å². The van der Waals surface area contributed by atoms with Crippen LogP contribution in [0.3, 0.4) is 0 Å². The zero-order valence-electron chi connectivity index (χ0n) is 15.8. The van der Waals surface area contributed by atoms with E-state index in [-0.39, 0.29) is 12.6 Å². The van der Waals surface area contributed by atoms with Crippen LogP contribution in [0.2, 0.25) is 0 Å². The van der Waals surface area contributed by atoms with E-state index in [9.17, 15) is 13.2 Å². The van der Waals surface area contributed by atoms with Crippen LogP contribution < -0.4 is 19.1 Å². The first kappa shape index (κ1) is 20.6. The molecule has 1 amide bonds. The van der Waals surface area contributed by atoms with E-state index in [0.29, 0.717) is 22.9 Å². The average molecular weight is 392 g/mol. The summed E-state index contributed by atoms with van der Waals surface area (Å²) < 4.78 is 36.1. The summed E-state index contributed by atoms with van der Waals surface area (Å²) in [6.07, 6.45) is 1.06. The van der Waals surface area contributed by atoms with Crippen molar-refractivity contribution >= 4 is 27.3 Å². The Balaban J connectivity index is 2.17. The first-order chi connectivity index (χ1) is 12.7. The highest BCUT2D eigenvalue weighted by atomic mass is 32.2. The van der Waals surface area contributed by atoms with Gasteiger partial charge < -0.3 is 14.8 Å². The minimum atomic E-state index is -3.66. The van der Waals surface area contributed by atoms with E-state index in [1.54, 1.807) is 48.5 Å². The predicted octanol–water partition coefficient (Wildman–Crippen LogP) is 2.89. The predicted molar refractivity (Wildman–Crippen MR) is 106 cm³/mol. The lowest BCUT2D eigenvalue weighted by Crippen LogP contribution is -2.37. The summed E-state index contributed by atoms with van der Waals surface area (Å²) in [7, 11) is -2.17. The van der Waals surface area contributed by atoms with E-state index in [1.807, 2.05) is 13.8 Å². The molecule has 0 fully saturated rings. The highest BCUT2D eigenvalue weighted by molar-refractivity contribution is 7.92. The standard InChI is InChI=1S/C19H24N2O5S/c1-14(2)26-18-10-5-7-15(11-18)20-19(22)13-21(27(4,23)24)16-8-6-9-17(12-16)25-3/h5-12,14H,13H2,1-4H3,(H,20,22). The van der Waals surface area contributed by atoms with Gasteiger partial charge in [0.25, 0.3) is 0 Å². The molecule has 0 aliphatic carbocycles. The number of sulfonamides is 1. The third kappa shape index (κ3) is 6.18. The molecule has 0 radical (unpaired) electrons. The fourth-order valence-electron chi connectivity index (χ4n) is 2.42.